The van der Waals surface area contributed by atoms with E-state index in [1.54, 1.807) is 13.8 Å². The first-order valence-electron chi connectivity index (χ1n) is 8.07. The number of hydrogen-bond acceptors (Lipinski definition) is 6. The Balaban J connectivity index is 1.93. The Morgan fingerprint density at radius 1 is 1.12 bits per heavy atom. The lowest BCUT2D eigenvalue weighted by Gasteiger charge is -2.27. The first kappa shape index (κ1) is 18.0. The molecule has 0 radical (unpaired) electrons. The summed E-state index contributed by atoms with van der Waals surface area (Å²) in [5, 5.41) is 6.75. The molecule has 0 atom stereocenters. The van der Waals surface area contributed by atoms with Crippen LogP contribution >= 0.6 is 0 Å². The number of esters is 1. The molecule has 0 spiro atoms. The Morgan fingerprint density at radius 3 is 2.42 bits per heavy atom. The summed E-state index contributed by atoms with van der Waals surface area (Å²) in [6.45, 7) is 4.41. The molecule has 1 aliphatic rings. The Hall–Kier alpha value is -2.38. The summed E-state index contributed by atoms with van der Waals surface area (Å²) in [5.41, 5.74) is 0.940. The second-order valence-electron chi connectivity index (χ2n) is 5.78. The van der Waals surface area contributed by atoms with Crippen molar-refractivity contribution < 1.29 is 23.6 Å². The molecule has 2 rings (SSSR count). The molecule has 0 bridgehead atoms. The molecule has 1 aromatic rings. The van der Waals surface area contributed by atoms with Crippen molar-refractivity contribution in [2.24, 2.45) is 0 Å². The zero-order valence-corrected chi connectivity index (χ0v) is 14.3. The molecule has 0 unspecified atom stereocenters. The highest BCUT2D eigenvalue weighted by Crippen LogP contribution is 2.21. The molecule has 0 aliphatic carbocycles. The predicted octanol–water partition coefficient (Wildman–Crippen LogP) is 1.61. The lowest BCUT2D eigenvalue weighted by atomic mass is 10.2. The average molecular weight is 337 g/mol. The first-order valence-corrected chi connectivity index (χ1v) is 8.07. The van der Waals surface area contributed by atoms with Crippen molar-refractivity contribution in [3.05, 3.63) is 17.0 Å². The van der Waals surface area contributed by atoms with Gasteiger partial charge in [0.05, 0.1) is 12.8 Å². The molecule has 24 heavy (non-hydrogen) atoms. The number of nitrogens with zero attached hydrogens (tertiary/aromatic N) is 3. The molecule has 0 N–H and O–H groups in total. The fraction of sp³-hybridized carbons (Fsp3) is 0.625. The van der Waals surface area contributed by atoms with Crippen LogP contribution in [0, 0.1) is 13.8 Å². The van der Waals surface area contributed by atoms with Gasteiger partial charge in [-0.15, -0.1) is 0 Å². The minimum atomic E-state index is -0.279. The SMILES string of the molecule is COC(=O)CCCCC(=O)N1CCCN1C(=O)c1c(C)noc1C. The molecule has 2 amide bonds. The number of unbranched alkanes of at least 4 members (excludes halogenated alkanes) is 1. The van der Waals surface area contributed by atoms with Crippen LogP contribution in [0.25, 0.3) is 0 Å². The maximum Gasteiger partial charge on any atom is 0.305 e. The van der Waals surface area contributed by atoms with Crippen molar-refractivity contribution in [1.82, 2.24) is 15.2 Å². The zero-order valence-electron chi connectivity index (χ0n) is 14.3. The van der Waals surface area contributed by atoms with Gasteiger partial charge in [-0.05, 0) is 33.1 Å². The fourth-order valence-electron chi connectivity index (χ4n) is 2.78. The lowest BCUT2D eigenvalue weighted by molar-refractivity contribution is -0.142. The maximum atomic E-state index is 12.7. The summed E-state index contributed by atoms with van der Waals surface area (Å²) >= 11 is 0. The largest absolute Gasteiger partial charge is 0.469 e. The van der Waals surface area contributed by atoms with E-state index < -0.39 is 0 Å². The van der Waals surface area contributed by atoms with Crippen molar-refractivity contribution in [2.45, 2.75) is 46.0 Å². The number of hydrazine groups is 1. The van der Waals surface area contributed by atoms with Crippen molar-refractivity contribution in [2.75, 3.05) is 20.2 Å². The van der Waals surface area contributed by atoms with E-state index in [0.717, 1.165) is 6.42 Å². The third-order valence-electron chi connectivity index (χ3n) is 4.05. The number of rotatable bonds is 6. The number of methoxy groups -OCH3 is 1. The van der Waals surface area contributed by atoms with E-state index in [1.165, 1.54) is 17.1 Å². The Morgan fingerprint density at radius 2 is 1.79 bits per heavy atom. The molecule has 8 nitrogen and oxygen atoms in total. The highest BCUT2D eigenvalue weighted by atomic mass is 16.5. The summed E-state index contributed by atoms with van der Waals surface area (Å²) in [6.07, 6.45) is 2.50. The standard InChI is InChI=1S/C16H23N3O5/c1-11-15(12(2)24-17-11)16(22)19-10-6-9-18(19)13(20)7-4-5-8-14(21)23-3/h4-10H2,1-3H3. The monoisotopic (exact) mass is 337 g/mol. The van der Waals surface area contributed by atoms with Crippen LogP contribution in [-0.4, -0.2) is 53.2 Å². The van der Waals surface area contributed by atoms with Gasteiger partial charge in [0.1, 0.15) is 11.3 Å². The fourth-order valence-corrected chi connectivity index (χ4v) is 2.78. The number of ether oxygens (including phenoxy) is 1. The molecule has 0 aromatic carbocycles. The molecular weight excluding hydrogens is 314 g/mol. The number of amides is 2. The Kier molecular flexibility index (Phi) is 5.94. The molecule has 1 saturated heterocycles. The van der Waals surface area contributed by atoms with Crippen molar-refractivity contribution in [1.29, 1.82) is 0 Å². The second kappa shape index (κ2) is 7.94. The summed E-state index contributed by atoms with van der Waals surface area (Å²) < 4.78 is 9.61. The Bertz CT molecular complexity index is 606. The number of aryl methyl sites for hydroxylation is 2. The van der Waals surface area contributed by atoms with Gasteiger partial charge in [0.25, 0.3) is 5.91 Å². The van der Waals surface area contributed by atoms with Crippen molar-refractivity contribution in [3.8, 4) is 0 Å². The first-order chi connectivity index (χ1) is 11.5. The molecule has 1 fully saturated rings. The number of aromatic nitrogens is 1. The Labute approximate surface area is 140 Å². The molecule has 0 saturated carbocycles. The second-order valence-corrected chi connectivity index (χ2v) is 5.78. The van der Waals surface area contributed by atoms with Crippen LogP contribution in [0.5, 0.6) is 0 Å². The van der Waals surface area contributed by atoms with Crippen LogP contribution in [0.15, 0.2) is 4.52 Å². The lowest BCUT2D eigenvalue weighted by Crippen LogP contribution is -2.45. The van der Waals surface area contributed by atoms with E-state index in [4.69, 9.17) is 4.52 Å². The maximum absolute atomic E-state index is 12.7. The van der Waals surface area contributed by atoms with Gasteiger partial charge >= 0.3 is 5.97 Å². The highest BCUT2D eigenvalue weighted by Gasteiger charge is 2.33. The normalized spacial score (nSPS) is 14.1. The molecular formula is C16H23N3O5. The smallest absolute Gasteiger partial charge is 0.305 e. The van der Waals surface area contributed by atoms with Crippen LogP contribution in [0.1, 0.15) is 53.9 Å². The predicted molar refractivity (Wildman–Crippen MR) is 83.8 cm³/mol. The van der Waals surface area contributed by atoms with Gasteiger partial charge in [-0.1, -0.05) is 5.16 Å². The van der Waals surface area contributed by atoms with Gasteiger partial charge < -0.3 is 9.26 Å². The van der Waals surface area contributed by atoms with Crippen LogP contribution < -0.4 is 0 Å². The molecule has 1 aliphatic heterocycles. The van der Waals surface area contributed by atoms with Gasteiger partial charge in [-0.25, -0.2) is 5.01 Å². The molecule has 2 heterocycles. The van der Waals surface area contributed by atoms with Crippen LogP contribution in [0.2, 0.25) is 0 Å². The number of carbonyl (C=O) groups excluding carboxylic acids is 3. The third-order valence-corrected chi connectivity index (χ3v) is 4.05. The minimum absolute atomic E-state index is 0.113. The summed E-state index contributed by atoms with van der Waals surface area (Å²) in [4.78, 5) is 36.1. The van der Waals surface area contributed by atoms with Crippen molar-refractivity contribution >= 4 is 17.8 Å². The summed E-state index contributed by atoms with van der Waals surface area (Å²) in [5.74, 6) is -0.196. The van der Waals surface area contributed by atoms with Gasteiger partial charge in [-0.3, -0.25) is 19.4 Å². The minimum Gasteiger partial charge on any atom is -0.469 e. The molecule has 1 aromatic heterocycles. The van der Waals surface area contributed by atoms with Crippen LogP contribution in [-0.2, 0) is 14.3 Å². The topological polar surface area (TPSA) is 93.0 Å². The average Bonchev–Trinajstić information content (AvgIpc) is 3.17. The van der Waals surface area contributed by atoms with E-state index in [-0.39, 0.29) is 17.8 Å². The third kappa shape index (κ3) is 3.93. The van der Waals surface area contributed by atoms with E-state index in [0.29, 0.717) is 55.8 Å². The van der Waals surface area contributed by atoms with Crippen molar-refractivity contribution in [3.63, 3.8) is 0 Å². The van der Waals surface area contributed by atoms with Crippen LogP contribution in [0.4, 0.5) is 0 Å². The van der Waals surface area contributed by atoms with E-state index in [9.17, 15) is 14.4 Å². The molecule has 8 heteroatoms. The number of hydrogen-bond donors (Lipinski definition) is 0. The van der Waals surface area contributed by atoms with E-state index >= 15 is 0 Å². The zero-order chi connectivity index (χ0) is 17.7. The molecule has 132 valence electrons. The van der Waals surface area contributed by atoms with Gasteiger partial charge in [0.2, 0.25) is 5.91 Å². The van der Waals surface area contributed by atoms with Gasteiger partial charge in [-0.2, -0.15) is 0 Å². The number of carbonyl (C=O) groups is 3. The van der Waals surface area contributed by atoms with E-state index in [1.807, 2.05) is 0 Å². The van der Waals surface area contributed by atoms with Gasteiger partial charge in [0, 0.05) is 25.9 Å². The van der Waals surface area contributed by atoms with Gasteiger partial charge in [0.15, 0.2) is 0 Å². The quantitative estimate of drug-likeness (QED) is 0.578. The summed E-state index contributed by atoms with van der Waals surface area (Å²) in [7, 11) is 1.34. The van der Waals surface area contributed by atoms with Crippen LogP contribution in [0.3, 0.4) is 0 Å². The highest BCUT2D eigenvalue weighted by molar-refractivity contribution is 5.97. The summed E-state index contributed by atoms with van der Waals surface area (Å²) in [6, 6.07) is 0. The van der Waals surface area contributed by atoms with E-state index in [2.05, 4.69) is 9.89 Å².